The molecule has 0 fully saturated rings. The van der Waals surface area contributed by atoms with Gasteiger partial charge in [0.05, 0.1) is 11.0 Å². The van der Waals surface area contributed by atoms with Crippen LogP contribution in [0.5, 0.6) is 0 Å². The van der Waals surface area contributed by atoms with Crippen molar-refractivity contribution in [3.05, 3.63) is 140 Å². The molecule has 0 unspecified atom stereocenters. The molecule has 5 heteroatoms. The summed E-state index contributed by atoms with van der Waals surface area (Å²) in [5.41, 5.74) is 6.52. The summed E-state index contributed by atoms with van der Waals surface area (Å²) in [5, 5.41) is 10.5. The molecule has 7 aromatic carbocycles. The summed E-state index contributed by atoms with van der Waals surface area (Å²) >= 11 is 1.68. The molecular formula is C42H23N3OS. The Morgan fingerprint density at radius 2 is 1.26 bits per heavy atom. The Labute approximate surface area is 271 Å². The maximum atomic E-state index is 6.60. The Hall–Kier alpha value is -6.04. The van der Waals surface area contributed by atoms with E-state index >= 15 is 0 Å². The Balaban J connectivity index is 1.36. The number of thiophene rings is 1. The minimum Gasteiger partial charge on any atom is -0.455 e. The quantitative estimate of drug-likeness (QED) is 0.194. The number of fused-ring (bicyclic) bond motifs is 12. The molecule has 0 bridgehead atoms. The van der Waals surface area contributed by atoms with Crippen LogP contribution in [0.4, 0.5) is 0 Å². The molecule has 4 heterocycles. The predicted molar refractivity (Wildman–Crippen MR) is 197 cm³/mol. The average Bonchev–Trinajstić information content (AvgIpc) is 3.79. The minimum absolute atomic E-state index is 0.791. The van der Waals surface area contributed by atoms with Crippen molar-refractivity contribution in [2.75, 3.05) is 0 Å². The fourth-order valence-corrected chi connectivity index (χ4v) is 8.50. The van der Waals surface area contributed by atoms with Gasteiger partial charge in [0.1, 0.15) is 27.2 Å². The van der Waals surface area contributed by atoms with Gasteiger partial charge < -0.3 is 4.42 Å². The van der Waals surface area contributed by atoms with E-state index in [9.17, 15) is 0 Å². The number of para-hydroxylation sites is 2. The van der Waals surface area contributed by atoms with E-state index in [0.717, 1.165) is 65.8 Å². The van der Waals surface area contributed by atoms with Gasteiger partial charge in [0, 0.05) is 37.2 Å². The van der Waals surface area contributed by atoms with E-state index in [-0.39, 0.29) is 0 Å². The van der Waals surface area contributed by atoms with Crippen molar-refractivity contribution in [3.8, 4) is 17.1 Å². The van der Waals surface area contributed by atoms with Gasteiger partial charge in [-0.1, -0.05) is 103 Å². The van der Waals surface area contributed by atoms with E-state index in [4.69, 9.17) is 14.4 Å². The van der Waals surface area contributed by atoms with Gasteiger partial charge in [-0.2, -0.15) is 0 Å². The van der Waals surface area contributed by atoms with Crippen LogP contribution < -0.4 is 0 Å². The molecule has 47 heavy (non-hydrogen) atoms. The first kappa shape index (κ1) is 25.2. The highest BCUT2D eigenvalue weighted by Crippen LogP contribution is 2.44. The zero-order valence-electron chi connectivity index (χ0n) is 24.9. The van der Waals surface area contributed by atoms with Crippen LogP contribution in [-0.2, 0) is 0 Å². The molecule has 0 aliphatic heterocycles. The number of nitrogens with zero attached hydrogens (tertiary/aromatic N) is 3. The SMILES string of the molecule is c1ccc2cc3c(cc2c1)c1c2ccccc2ccc1n3-c1nc2c(nc1-c1cccc3c1oc1ccccc13)sc1ccccc12. The van der Waals surface area contributed by atoms with Gasteiger partial charge in [-0.3, -0.25) is 4.57 Å². The molecule has 4 aromatic heterocycles. The molecule has 0 aliphatic rings. The van der Waals surface area contributed by atoms with Crippen molar-refractivity contribution in [3.63, 3.8) is 0 Å². The highest BCUT2D eigenvalue weighted by Gasteiger charge is 2.24. The lowest BCUT2D eigenvalue weighted by atomic mass is 10.0. The molecule has 0 N–H and O–H groups in total. The Morgan fingerprint density at radius 3 is 2.15 bits per heavy atom. The third-order valence-corrected chi connectivity index (χ3v) is 10.6. The standard InChI is InChI=1S/C42H23N3OS/c1-2-12-26-23-34-32(22-25(26)11-1)37-27-13-4-3-10-24(27)20-21-33(37)45(34)41-38(44-42-39(43-41)30-15-6-8-19-36(30)47-42)31-17-9-16-29-28-14-5-7-18-35(28)46-40(29)31/h1-23H. The first-order valence-corrected chi connectivity index (χ1v) is 16.6. The van der Waals surface area contributed by atoms with Crippen LogP contribution in [0.15, 0.2) is 144 Å². The topological polar surface area (TPSA) is 43.9 Å². The molecule has 11 rings (SSSR count). The fraction of sp³-hybridized carbons (Fsp3) is 0. The lowest BCUT2D eigenvalue weighted by Gasteiger charge is -2.13. The lowest BCUT2D eigenvalue weighted by molar-refractivity contribution is 0.669. The highest BCUT2D eigenvalue weighted by atomic mass is 32.1. The van der Waals surface area contributed by atoms with E-state index in [0.29, 0.717) is 0 Å². The molecule has 0 saturated carbocycles. The van der Waals surface area contributed by atoms with E-state index in [1.54, 1.807) is 11.3 Å². The van der Waals surface area contributed by atoms with Gasteiger partial charge in [-0.05, 0) is 57.9 Å². The molecule has 0 radical (unpaired) electrons. The number of furan rings is 1. The third kappa shape index (κ3) is 3.46. The molecule has 0 spiro atoms. The fourth-order valence-electron chi connectivity index (χ4n) is 7.48. The Kier molecular flexibility index (Phi) is 4.96. The van der Waals surface area contributed by atoms with Crippen LogP contribution in [0.3, 0.4) is 0 Å². The van der Waals surface area contributed by atoms with E-state index in [2.05, 4.69) is 132 Å². The summed E-state index contributed by atoms with van der Waals surface area (Å²) < 4.78 is 10.1. The second-order valence-electron chi connectivity index (χ2n) is 12.2. The van der Waals surface area contributed by atoms with Crippen LogP contribution in [0.25, 0.3) is 103 Å². The van der Waals surface area contributed by atoms with E-state index in [1.165, 1.54) is 37.0 Å². The summed E-state index contributed by atoms with van der Waals surface area (Å²) in [4.78, 5) is 12.0. The van der Waals surface area contributed by atoms with Crippen molar-refractivity contribution in [2.24, 2.45) is 0 Å². The number of benzene rings is 7. The first-order valence-electron chi connectivity index (χ1n) is 15.8. The first-order chi connectivity index (χ1) is 23.3. The van der Waals surface area contributed by atoms with Gasteiger partial charge >= 0.3 is 0 Å². The van der Waals surface area contributed by atoms with Crippen molar-refractivity contribution in [2.45, 2.75) is 0 Å². The lowest BCUT2D eigenvalue weighted by Crippen LogP contribution is -2.03. The summed E-state index contributed by atoms with van der Waals surface area (Å²) in [6, 6.07) is 49.4. The largest absolute Gasteiger partial charge is 0.455 e. The van der Waals surface area contributed by atoms with Gasteiger partial charge in [0.2, 0.25) is 0 Å². The Morgan fingerprint density at radius 1 is 0.532 bits per heavy atom. The maximum Gasteiger partial charge on any atom is 0.165 e. The highest BCUT2D eigenvalue weighted by molar-refractivity contribution is 7.25. The third-order valence-electron chi connectivity index (χ3n) is 9.59. The average molecular weight is 618 g/mol. The smallest absolute Gasteiger partial charge is 0.165 e. The molecular weight excluding hydrogens is 595 g/mol. The van der Waals surface area contributed by atoms with Crippen LogP contribution >= 0.6 is 11.3 Å². The van der Waals surface area contributed by atoms with Gasteiger partial charge in [-0.15, -0.1) is 11.3 Å². The number of hydrogen-bond donors (Lipinski definition) is 0. The molecule has 0 amide bonds. The second kappa shape index (κ2) is 9.25. The predicted octanol–water partition coefficient (Wildman–Crippen LogP) is 11.8. The zero-order chi connectivity index (χ0) is 30.6. The van der Waals surface area contributed by atoms with Crippen molar-refractivity contribution in [1.29, 1.82) is 0 Å². The molecule has 0 atom stereocenters. The van der Waals surface area contributed by atoms with Gasteiger partial charge in [-0.25, -0.2) is 9.97 Å². The van der Waals surface area contributed by atoms with Crippen molar-refractivity contribution in [1.82, 2.24) is 14.5 Å². The molecule has 0 saturated heterocycles. The van der Waals surface area contributed by atoms with Crippen molar-refractivity contribution < 1.29 is 4.42 Å². The maximum absolute atomic E-state index is 6.60. The summed E-state index contributed by atoms with van der Waals surface area (Å²) in [6.07, 6.45) is 0. The van der Waals surface area contributed by atoms with Gasteiger partial charge in [0.25, 0.3) is 0 Å². The molecule has 0 aliphatic carbocycles. The van der Waals surface area contributed by atoms with E-state index < -0.39 is 0 Å². The van der Waals surface area contributed by atoms with Crippen molar-refractivity contribution >= 4 is 97.1 Å². The Bertz CT molecular complexity index is 3090. The summed E-state index contributed by atoms with van der Waals surface area (Å²) in [6.45, 7) is 0. The monoisotopic (exact) mass is 617 g/mol. The van der Waals surface area contributed by atoms with Crippen LogP contribution in [0, 0.1) is 0 Å². The van der Waals surface area contributed by atoms with E-state index in [1.807, 2.05) is 12.1 Å². The summed E-state index contributed by atoms with van der Waals surface area (Å²) in [5.74, 6) is 0.791. The van der Waals surface area contributed by atoms with Crippen LogP contribution in [-0.4, -0.2) is 14.5 Å². The normalized spacial score (nSPS) is 12.3. The molecule has 11 aromatic rings. The van der Waals surface area contributed by atoms with Crippen LogP contribution in [0.1, 0.15) is 0 Å². The number of aromatic nitrogens is 3. The number of hydrogen-bond acceptors (Lipinski definition) is 4. The zero-order valence-corrected chi connectivity index (χ0v) is 25.8. The van der Waals surface area contributed by atoms with Crippen LogP contribution in [0.2, 0.25) is 0 Å². The molecule has 218 valence electrons. The van der Waals surface area contributed by atoms with Gasteiger partial charge in [0.15, 0.2) is 5.82 Å². The molecule has 4 nitrogen and oxygen atoms in total. The number of rotatable bonds is 2. The minimum atomic E-state index is 0.791. The summed E-state index contributed by atoms with van der Waals surface area (Å²) in [7, 11) is 0. The second-order valence-corrected chi connectivity index (χ2v) is 13.2.